The third kappa shape index (κ3) is 6.93. The minimum atomic E-state index is 0. The molecule has 9 aromatic rings. The molecule has 5 heterocycles. The number of aromatic nitrogens is 6. The molecule has 0 amide bonds. The quantitative estimate of drug-likeness (QED) is 0.139. The van der Waals surface area contributed by atoms with Crippen molar-refractivity contribution >= 4 is 21.8 Å². The van der Waals surface area contributed by atoms with Crippen molar-refractivity contribution in [2.24, 2.45) is 0 Å². The second kappa shape index (κ2) is 15.2. The summed E-state index contributed by atoms with van der Waals surface area (Å²) >= 11 is 0. The molecule has 254 valence electrons. The predicted molar refractivity (Wildman–Crippen MR) is 187 cm³/mol. The van der Waals surface area contributed by atoms with Gasteiger partial charge in [0.15, 0.2) is 0 Å². The molecule has 4 aromatic carbocycles. The van der Waals surface area contributed by atoms with Gasteiger partial charge in [0.25, 0.3) is 0 Å². The zero-order valence-electron chi connectivity index (χ0n) is 26.7. The number of fused-ring (bicyclic) bond motifs is 3. The Labute approximate surface area is 326 Å². The Morgan fingerprint density at radius 3 is 1.52 bits per heavy atom. The summed E-state index contributed by atoms with van der Waals surface area (Å²) in [5.41, 5.74) is 5.28. The molecule has 9 nitrogen and oxygen atoms in total. The summed E-state index contributed by atoms with van der Waals surface area (Å²) in [7, 11) is 0. The molecule has 0 N–H and O–H groups in total. The largest absolute Gasteiger partial charge is 2.00 e. The molecule has 5 aromatic heterocycles. The van der Waals surface area contributed by atoms with Gasteiger partial charge in [0, 0.05) is 47.8 Å². The second-order valence-electron chi connectivity index (χ2n) is 11.1. The molecular formula is C41H22N6O3Pt2. The number of pyridine rings is 2. The van der Waals surface area contributed by atoms with Crippen LogP contribution in [0.4, 0.5) is 0 Å². The Hall–Kier alpha value is -5.75. The van der Waals surface area contributed by atoms with Crippen LogP contribution in [0.2, 0.25) is 0 Å². The first kappa shape index (κ1) is 34.7. The number of rotatable bonds is 8. The number of hydrogen-bond donors (Lipinski definition) is 0. The van der Waals surface area contributed by atoms with Crippen LogP contribution < -0.4 is 9.47 Å². The van der Waals surface area contributed by atoms with Crippen LogP contribution in [-0.2, 0) is 42.1 Å². The SMILES string of the molecule is [Pt+2].[Pt+2].[c-]1c(Oc2[c-]c3c(cc2)c2ccc(Oc4[c-]c(-c5ccccn5)ccc4)[c-]c2n3-c2ncc(-c3ncco3)cn2)cccc1-c1ccccn1. The van der Waals surface area contributed by atoms with Crippen LogP contribution in [0.15, 0.2) is 139 Å². The van der Waals surface area contributed by atoms with Gasteiger partial charge in [-0.3, -0.25) is 0 Å². The molecular weight excluding hydrogens is 1010 g/mol. The summed E-state index contributed by atoms with van der Waals surface area (Å²) in [6.07, 6.45) is 9.93. The van der Waals surface area contributed by atoms with E-state index in [2.05, 4.69) is 39.2 Å². The van der Waals surface area contributed by atoms with Crippen molar-refractivity contribution < 1.29 is 56.0 Å². The van der Waals surface area contributed by atoms with Gasteiger partial charge in [-0.15, -0.1) is 71.8 Å². The average Bonchev–Trinajstić information content (AvgIpc) is 3.83. The molecule has 0 bridgehead atoms. The zero-order chi connectivity index (χ0) is 33.3. The molecule has 11 heteroatoms. The summed E-state index contributed by atoms with van der Waals surface area (Å²) in [6.45, 7) is 0. The van der Waals surface area contributed by atoms with Gasteiger partial charge in [-0.1, -0.05) is 47.4 Å². The van der Waals surface area contributed by atoms with Crippen LogP contribution >= 0.6 is 0 Å². The van der Waals surface area contributed by atoms with Crippen molar-refractivity contribution in [3.63, 3.8) is 0 Å². The van der Waals surface area contributed by atoms with Crippen molar-refractivity contribution in [1.82, 2.24) is 29.5 Å². The Kier molecular flexibility index (Phi) is 10.2. The van der Waals surface area contributed by atoms with Crippen LogP contribution in [0.3, 0.4) is 0 Å². The number of ether oxygens (including phenoxy) is 2. The van der Waals surface area contributed by atoms with E-state index >= 15 is 0 Å². The summed E-state index contributed by atoms with van der Waals surface area (Å²) in [4.78, 5) is 22.5. The van der Waals surface area contributed by atoms with Crippen molar-refractivity contribution in [3.8, 4) is 62.9 Å². The molecule has 0 unspecified atom stereocenters. The van der Waals surface area contributed by atoms with Crippen molar-refractivity contribution in [1.29, 1.82) is 0 Å². The first-order valence-electron chi connectivity index (χ1n) is 15.6. The number of benzene rings is 4. The molecule has 0 aliphatic heterocycles. The van der Waals surface area contributed by atoms with Gasteiger partial charge in [-0.2, -0.15) is 22.9 Å². The molecule has 0 aliphatic rings. The third-order valence-electron chi connectivity index (χ3n) is 7.91. The molecule has 0 saturated carbocycles. The fraction of sp³-hybridized carbons (Fsp3) is 0. The smallest absolute Gasteiger partial charge is 0.503 e. The monoisotopic (exact) mass is 1040 g/mol. The summed E-state index contributed by atoms with van der Waals surface area (Å²) in [5, 5.41) is 1.82. The van der Waals surface area contributed by atoms with Gasteiger partial charge >= 0.3 is 42.1 Å². The normalized spacial score (nSPS) is 10.8. The third-order valence-corrected chi connectivity index (χ3v) is 7.91. The maximum atomic E-state index is 6.30. The molecule has 0 saturated heterocycles. The van der Waals surface area contributed by atoms with Crippen LogP contribution in [0.1, 0.15) is 0 Å². The van der Waals surface area contributed by atoms with Gasteiger partial charge in [0.2, 0.25) is 11.8 Å². The van der Waals surface area contributed by atoms with Gasteiger partial charge in [0.05, 0.1) is 11.8 Å². The van der Waals surface area contributed by atoms with E-state index in [4.69, 9.17) is 23.9 Å². The Balaban J connectivity index is 0.00000210. The van der Waals surface area contributed by atoms with Gasteiger partial charge in [-0.05, 0) is 23.5 Å². The van der Waals surface area contributed by atoms with Crippen molar-refractivity contribution in [2.45, 2.75) is 0 Å². The van der Waals surface area contributed by atoms with Crippen molar-refractivity contribution in [2.75, 3.05) is 0 Å². The summed E-state index contributed by atoms with van der Waals surface area (Å²) in [6, 6.07) is 44.2. The van der Waals surface area contributed by atoms with Gasteiger partial charge in [0.1, 0.15) is 6.26 Å². The number of nitrogens with zero attached hydrogens (tertiary/aromatic N) is 6. The second-order valence-corrected chi connectivity index (χ2v) is 11.1. The van der Waals surface area contributed by atoms with Gasteiger partial charge in [-0.25, -0.2) is 15.0 Å². The summed E-state index contributed by atoms with van der Waals surface area (Å²) < 4.78 is 19.9. The molecule has 0 radical (unpaired) electrons. The van der Waals surface area contributed by atoms with E-state index in [0.717, 1.165) is 33.3 Å². The van der Waals surface area contributed by atoms with E-state index in [1.54, 1.807) is 31.0 Å². The minimum Gasteiger partial charge on any atom is -0.503 e. The molecule has 52 heavy (non-hydrogen) atoms. The van der Waals surface area contributed by atoms with Crippen molar-refractivity contribution in [3.05, 3.63) is 159 Å². The Morgan fingerprint density at radius 1 is 0.500 bits per heavy atom. The fourth-order valence-electron chi connectivity index (χ4n) is 5.65. The Morgan fingerprint density at radius 2 is 1.04 bits per heavy atom. The molecule has 0 atom stereocenters. The number of hydrogen-bond acceptors (Lipinski definition) is 8. The maximum Gasteiger partial charge on any atom is 2.00 e. The van der Waals surface area contributed by atoms with E-state index in [1.807, 2.05) is 102 Å². The fourth-order valence-corrected chi connectivity index (χ4v) is 5.65. The van der Waals surface area contributed by atoms with E-state index in [-0.39, 0.29) is 42.1 Å². The predicted octanol–water partition coefficient (Wildman–Crippen LogP) is 9.13. The van der Waals surface area contributed by atoms with E-state index in [9.17, 15) is 0 Å². The van der Waals surface area contributed by atoms with Crippen LogP contribution in [-0.4, -0.2) is 29.5 Å². The molecule has 0 aliphatic carbocycles. The van der Waals surface area contributed by atoms with E-state index in [0.29, 0.717) is 51.4 Å². The number of oxazole rings is 1. The molecule has 9 rings (SSSR count). The zero-order valence-corrected chi connectivity index (χ0v) is 31.3. The first-order valence-corrected chi connectivity index (χ1v) is 15.6. The minimum absolute atomic E-state index is 0. The molecule has 0 spiro atoms. The average molecular weight is 1040 g/mol. The topological polar surface area (TPSA) is 101 Å². The van der Waals surface area contributed by atoms with E-state index < -0.39 is 0 Å². The maximum absolute atomic E-state index is 6.30. The standard InChI is InChI=1S/C41H22N6O3.2Pt/c1-3-17-42-36(11-1)27-7-5-9-30(21-27)49-32-13-15-34-35-16-14-33(50-31-10-6-8-28(22-31)37-12-2-4-18-43-37)24-39(35)47(38(34)23-32)41-45-25-29(26-46-41)40-44-19-20-48-40;;/h1-20,25-26H;;/q-4;2*+2. The van der Waals surface area contributed by atoms with Crippen LogP contribution in [0, 0.1) is 24.3 Å². The Bertz CT molecular complexity index is 2460. The van der Waals surface area contributed by atoms with Crippen LogP contribution in [0.5, 0.6) is 23.0 Å². The molecule has 0 fully saturated rings. The van der Waals surface area contributed by atoms with Crippen LogP contribution in [0.25, 0.3) is 61.7 Å². The van der Waals surface area contributed by atoms with Gasteiger partial charge < -0.3 is 28.4 Å². The first-order chi connectivity index (χ1) is 24.7. The summed E-state index contributed by atoms with van der Waals surface area (Å²) in [5.74, 6) is 2.87. The van der Waals surface area contributed by atoms with E-state index in [1.165, 1.54) is 6.26 Å².